The van der Waals surface area contributed by atoms with Crippen LogP contribution in [0.25, 0.3) is 0 Å². The van der Waals surface area contributed by atoms with Crippen LogP contribution in [0.15, 0.2) is 18.2 Å². The van der Waals surface area contributed by atoms with E-state index in [2.05, 4.69) is 21.2 Å². The highest BCUT2D eigenvalue weighted by Gasteiger charge is 2.04. The number of benzene rings is 1. The molecule has 0 atom stereocenters. The predicted molar refractivity (Wildman–Crippen MR) is 73.7 cm³/mol. The van der Waals surface area contributed by atoms with Gasteiger partial charge in [-0.1, -0.05) is 22.4 Å². The number of hydrogen-bond donors (Lipinski definition) is 2. The van der Waals surface area contributed by atoms with Gasteiger partial charge in [-0.2, -0.15) is 0 Å². The zero-order valence-electron chi connectivity index (χ0n) is 10.0. The van der Waals surface area contributed by atoms with Gasteiger partial charge in [-0.05, 0) is 43.5 Å². The summed E-state index contributed by atoms with van der Waals surface area (Å²) in [6.45, 7) is 1.86. The van der Waals surface area contributed by atoms with Crippen molar-refractivity contribution in [1.82, 2.24) is 0 Å². The number of aryl methyl sites for hydroxylation is 1. The summed E-state index contributed by atoms with van der Waals surface area (Å²) < 4.78 is 0. The zero-order valence-corrected chi connectivity index (χ0v) is 11.6. The van der Waals surface area contributed by atoms with Crippen LogP contribution in [0.2, 0.25) is 0 Å². The molecule has 1 aromatic carbocycles. The second kappa shape index (κ2) is 7.33. The van der Waals surface area contributed by atoms with E-state index in [4.69, 9.17) is 0 Å². The Morgan fingerprint density at radius 3 is 2.76 bits per heavy atom. The van der Waals surface area contributed by atoms with Crippen LogP contribution in [0.1, 0.15) is 31.2 Å². The van der Waals surface area contributed by atoms with Crippen molar-refractivity contribution in [2.24, 2.45) is 0 Å². The molecule has 0 unspecified atom stereocenters. The second-order valence-electron chi connectivity index (χ2n) is 4.05. The van der Waals surface area contributed by atoms with Crippen molar-refractivity contribution >= 4 is 27.5 Å². The van der Waals surface area contributed by atoms with Crippen molar-refractivity contribution in [2.45, 2.75) is 32.6 Å². The van der Waals surface area contributed by atoms with Crippen molar-refractivity contribution < 1.29 is 9.90 Å². The minimum absolute atomic E-state index is 0.0355. The average molecular weight is 300 g/mol. The third-order valence-electron chi connectivity index (χ3n) is 2.52. The molecule has 1 aromatic rings. The average Bonchev–Trinajstić information content (AvgIpc) is 2.28. The first-order valence-electron chi connectivity index (χ1n) is 5.79. The molecule has 0 bridgehead atoms. The van der Waals surface area contributed by atoms with E-state index in [1.165, 1.54) is 0 Å². The number of carbonyl (C=O) groups is 1. The molecule has 3 nitrogen and oxygen atoms in total. The first-order chi connectivity index (χ1) is 8.13. The van der Waals surface area contributed by atoms with Crippen LogP contribution in [-0.2, 0) is 4.79 Å². The molecule has 0 aliphatic carbocycles. The standard InChI is InChI=1S/C13H18BrNO2/c1-10-9-11(16)6-7-12(10)15-13(17)5-3-2-4-8-14/h6-7,9,16H,2-5,8H2,1H3,(H,15,17). The summed E-state index contributed by atoms with van der Waals surface area (Å²) in [6.07, 6.45) is 3.63. The molecule has 0 heterocycles. The van der Waals surface area contributed by atoms with Crippen molar-refractivity contribution in [2.75, 3.05) is 10.6 Å². The molecule has 17 heavy (non-hydrogen) atoms. The normalized spacial score (nSPS) is 10.2. The lowest BCUT2D eigenvalue weighted by atomic mass is 10.1. The number of rotatable bonds is 6. The first-order valence-corrected chi connectivity index (χ1v) is 6.91. The van der Waals surface area contributed by atoms with E-state index in [9.17, 15) is 9.90 Å². The summed E-state index contributed by atoms with van der Waals surface area (Å²) >= 11 is 3.36. The number of unbranched alkanes of at least 4 members (excludes halogenated alkanes) is 2. The molecule has 2 N–H and O–H groups in total. The number of phenolic OH excluding ortho intramolecular Hbond substituents is 1. The molecule has 1 rings (SSSR count). The fourth-order valence-electron chi connectivity index (χ4n) is 1.56. The van der Waals surface area contributed by atoms with E-state index in [0.717, 1.165) is 35.8 Å². The molecule has 0 spiro atoms. The van der Waals surface area contributed by atoms with Crippen LogP contribution >= 0.6 is 15.9 Å². The highest BCUT2D eigenvalue weighted by atomic mass is 79.9. The van der Waals surface area contributed by atoms with Gasteiger partial charge in [-0.25, -0.2) is 0 Å². The predicted octanol–water partition coefficient (Wildman–Crippen LogP) is 3.59. The van der Waals surface area contributed by atoms with Crippen LogP contribution in [0.3, 0.4) is 0 Å². The van der Waals surface area contributed by atoms with Crippen LogP contribution in [0.4, 0.5) is 5.69 Å². The molecule has 0 aromatic heterocycles. The Morgan fingerprint density at radius 2 is 2.12 bits per heavy atom. The van der Waals surface area contributed by atoms with Gasteiger partial charge in [-0.3, -0.25) is 4.79 Å². The van der Waals surface area contributed by atoms with Gasteiger partial charge < -0.3 is 10.4 Å². The minimum Gasteiger partial charge on any atom is -0.508 e. The summed E-state index contributed by atoms with van der Waals surface area (Å²) in [6, 6.07) is 4.94. The Morgan fingerprint density at radius 1 is 1.35 bits per heavy atom. The van der Waals surface area contributed by atoms with E-state index in [1.807, 2.05) is 6.92 Å². The summed E-state index contributed by atoms with van der Waals surface area (Å²) in [5.74, 6) is 0.256. The maximum absolute atomic E-state index is 11.6. The number of alkyl halides is 1. The van der Waals surface area contributed by atoms with Gasteiger partial charge in [0.05, 0.1) is 0 Å². The summed E-state index contributed by atoms with van der Waals surface area (Å²) in [5.41, 5.74) is 1.65. The largest absolute Gasteiger partial charge is 0.508 e. The van der Waals surface area contributed by atoms with Gasteiger partial charge in [0.2, 0.25) is 5.91 Å². The fourth-order valence-corrected chi connectivity index (χ4v) is 1.95. The van der Waals surface area contributed by atoms with Crippen LogP contribution in [0.5, 0.6) is 5.75 Å². The van der Waals surface area contributed by atoms with Gasteiger partial charge in [0.15, 0.2) is 0 Å². The molecule has 1 amide bonds. The van der Waals surface area contributed by atoms with Crippen molar-refractivity contribution in [1.29, 1.82) is 0 Å². The Balaban J connectivity index is 2.40. The molecule has 0 saturated carbocycles. The lowest BCUT2D eigenvalue weighted by Gasteiger charge is -2.08. The first kappa shape index (κ1) is 14.0. The number of halogens is 1. The van der Waals surface area contributed by atoms with Crippen molar-refractivity contribution in [3.05, 3.63) is 23.8 Å². The summed E-state index contributed by atoms with van der Waals surface area (Å²) in [5, 5.41) is 13.1. The molecule has 0 aliphatic rings. The van der Waals surface area contributed by atoms with Gasteiger partial charge in [0, 0.05) is 17.4 Å². The highest BCUT2D eigenvalue weighted by molar-refractivity contribution is 9.09. The summed E-state index contributed by atoms with van der Waals surface area (Å²) in [7, 11) is 0. The molecule has 0 fully saturated rings. The fraction of sp³-hybridized carbons (Fsp3) is 0.462. The van der Waals surface area contributed by atoms with Crippen molar-refractivity contribution in [3.8, 4) is 5.75 Å². The highest BCUT2D eigenvalue weighted by Crippen LogP contribution is 2.20. The Labute approximate surface area is 110 Å². The van der Waals surface area contributed by atoms with Gasteiger partial charge in [0.1, 0.15) is 5.75 Å². The van der Waals surface area contributed by atoms with Gasteiger partial charge in [-0.15, -0.1) is 0 Å². The molecular formula is C13H18BrNO2. The zero-order chi connectivity index (χ0) is 12.7. The number of aromatic hydroxyl groups is 1. The van der Waals surface area contributed by atoms with E-state index in [-0.39, 0.29) is 11.7 Å². The SMILES string of the molecule is Cc1cc(O)ccc1NC(=O)CCCCCBr. The number of nitrogens with one attached hydrogen (secondary N) is 1. The number of hydrogen-bond acceptors (Lipinski definition) is 2. The molecule has 0 radical (unpaired) electrons. The maximum atomic E-state index is 11.6. The number of amides is 1. The van der Waals surface area contributed by atoms with Crippen LogP contribution in [-0.4, -0.2) is 16.3 Å². The van der Waals surface area contributed by atoms with Crippen LogP contribution < -0.4 is 5.32 Å². The molecule has 94 valence electrons. The number of phenols is 1. The third-order valence-corrected chi connectivity index (χ3v) is 3.08. The Hall–Kier alpha value is -1.03. The van der Waals surface area contributed by atoms with Crippen molar-refractivity contribution in [3.63, 3.8) is 0 Å². The van der Waals surface area contributed by atoms with E-state index in [1.54, 1.807) is 18.2 Å². The van der Waals surface area contributed by atoms with E-state index >= 15 is 0 Å². The van der Waals surface area contributed by atoms with Gasteiger partial charge in [0.25, 0.3) is 0 Å². The molecular weight excluding hydrogens is 282 g/mol. The lowest BCUT2D eigenvalue weighted by Crippen LogP contribution is -2.11. The van der Waals surface area contributed by atoms with E-state index in [0.29, 0.717) is 6.42 Å². The third kappa shape index (κ3) is 5.22. The monoisotopic (exact) mass is 299 g/mol. The lowest BCUT2D eigenvalue weighted by molar-refractivity contribution is -0.116. The number of carbonyl (C=O) groups excluding carboxylic acids is 1. The second-order valence-corrected chi connectivity index (χ2v) is 4.84. The molecule has 0 aliphatic heterocycles. The smallest absolute Gasteiger partial charge is 0.224 e. The maximum Gasteiger partial charge on any atom is 0.224 e. The van der Waals surface area contributed by atoms with Crippen LogP contribution in [0, 0.1) is 6.92 Å². The Kier molecular flexibility index (Phi) is 6.05. The van der Waals surface area contributed by atoms with E-state index < -0.39 is 0 Å². The Bertz CT molecular complexity index is 380. The quantitative estimate of drug-likeness (QED) is 0.479. The molecule has 4 heteroatoms. The van der Waals surface area contributed by atoms with Gasteiger partial charge >= 0.3 is 0 Å². The topological polar surface area (TPSA) is 49.3 Å². The minimum atomic E-state index is 0.0355. The number of anilines is 1. The summed E-state index contributed by atoms with van der Waals surface area (Å²) in [4.78, 5) is 11.6. The molecule has 0 saturated heterocycles.